The van der Waals surface area contributed by atoms with E-state index in [2.05, 4.69) is 57.9 Å². The number of fused-ring (bicyclic) bond motifs is 1. The molecule has 1 aromatic heterocycles. The van der Waals surface area contributed by atoms with Crippen LogP contribution >= 0.6 is 22.6 Å². The topological polar surface area (TPSA) is 38.9 Å². The summed E-state index contributed by atoms with van der Waals surface area (Å²) in [6.45, 7) is 0. The highest BCUT2D eigenvalue weighted by atomic mass is 127. The Morgan fingerprint density at radius 2 is 2.05 bits per heavy atom. The van der Waals surface area contributed by atoms with Crippen molar-refractivity contribution in [2.45, 2.75) is 31.2 Å². The highest BCUT2D eigenvalue weighted by Gasteiger charge is 2.28. The maximum atomic E-state index is 6.54. The molecule has 19 heavy (non-hydrogen) atoms. The van der Waals surface area contributed by atoms with Crippen molar-refractivity contribution in [2.75, 3.05) is 0 Å². The van der Waals surface area contributed by atoms with Crippen molar-refractivity contribution in [3.8, 4) is 0 Å². The summed E-state index contributed by atoms with van der Waals surface area (Å²) in [5, 5.41) is 0. The standard InChI is InChI=1S/C16H17IN2/c17-14-9-2-1-7-12(14)15(18)13-8-3-5-11-6-4-10-19-16(11)13/h1-2,4,6-7,9-10,13,15H,3,5,8,18H2. The highest BCUT2D eigenvalue weighted by Crippen LogP contribution is 2.38. The van der Waals surface area contributed by atoms with E-state index in [0.29, 0.717) is 5.92 Å². The molecular formula is C16H17IN2. The molecule has 2 atom stereocenters. The fourth-order valence-electron chi connectivity index (χ4n) is 2.96. The van der Waals surface area contributed by atoms with Crippen LogP contribution in [0.1, 0.15) is 41.6 Å². The van der Waals surface area contributed by atoms with Crippen molar-refractivity contribution in [1.29, 1.82) is 0 Å². The average Bonchev–Trinajstić information content (AvgIpc) is 2.46. The van der Waals surface area contributed by atoms with E-state index in [1.54, 1.807) is 0 Å². The van der Waals surface area contributed by atoms with Crippen LogP contribution < -0.4 is 5.73 Å². The largest absolute Gasteiger partial charge is 0.323 e. The van der Waals surface area contributed by atoms with Gasteiger partial charge in [-0.3, -0.25) is 4.98 Å². The number of nitrogens with zero attached hydrogens (tertiary/aromatic N) is 1. The molecule has 1 aliphatic carbocycles. The third-order valence-corrected chi connectivity index (χ3v) is 4.92. The number of rotatable bonds is 2. The number of hydrogen-bond acceptors (Lipinski definition) is 2. The molecule has 0 fully saturated rings. The summed E-state index contributed by atoms with van der Waals surface area (Å²) in [5.74, 6) is 0.348. The second-order valence-electron chi connectivity index (χ2n) is 5.09. The minimum absolute atomic E-state index is 0.0436. The average molecular weight is 364 g/mol. The van der Waals surface area contributed by atoms with Crippen LogP contribution in [0, 0.1) is 3.57 Å². The molecule has 2 N–H and O–H groups in total. The van der Waals surface area contributed by atoms with Gasteiger partial charge in [-0.15, -0.1) is 0 Å². The van der Waals surface area contributed by atoms with Crippen LogP contribution in [0.3, 0.4) is 0 Å². The zero-order chi connectivity index (χ0) is 13.2. The molecule has 0 saturated carbocycles. The predicted octanol–water partition coefficient (Wildman–Crippen LogP) is 3.81. The molecule has 2 nitrogen and oxygen atoms in total. The number of aryl methyl sites for hydroxylation is 1. The molecule has 2 aromatic rings. The fraction of sp³-hybridized carbons (Fsp3) is 0.312. The molecule has 3 rings (SSSR count). The Morgan fingerprint density at radius 1 is 1.21 bits per heavy atom. The van der Waals surface area contributed by atoms with Crippen LogP contribution in [-0.2, 0) is 6.42 Å². The highest BCUT2D eigenvalue weighted by molar-refractivity contribution is 14.1. The zero-order valence-electron chi connectivity index (χ0n) is 10.7. The van der Waals surface area contributed by atoms with Gasteiger partial charge in [-0.2, -0.15) is 0 Å². The van der Waals surface area contributed by atoms with Crippen LogP contribution in [0.5, 0.6) is 0 Å². The first-order valence-electron chi connectivity index (χ1n) is 6.71. The first kappa shape index (κ1) is 13.1. The maximum absolute atomic E-state index is 6.54. The van der Waals surface area contributed by atoms with Gasteiger partial charge in [-0.05, 0) is 65.1 Å². The van der Waals surface area contributed by atoms with E-state index in [9.17, 15) is 0 Å². The van der Waals surface area contributed by atoms with Gasteiger partial charge in [0.15, 0.2) is 0 Å². The Hall–Kier alpha value is -0.940. The fourth-order valence-corrected chi connectivity index (χ4v) is 3.70. The van der Waals surface area contributed by atoms with Crippen molar-refractivity contribution in [1.82, 2.24) is 4.98 Å². The van der Waals surface area contributed by atoms with E-state index in [-0.39, 0.29) is 6.04 Å². The molecule has 0 aliphatic heterocycles. The quantitative estimate of drug-likeness (QED) is 0.824. The zero-order valence-corrected chi connectivity index (χ0v) is 12.9. The van der Waals surface area contributed by atoms with E-state index in [4.69, 9.17) is 5.73 Å². The normalized spacial score (nSPS) is 19.8. The molecule has 98 valence electrons. The van der Waals surface area contributed by atoms with Crippen LogP contribution in [0.2, 0.25) is 0 Å². The lowest BCUT2D eigenvalue weighted by molar-refractivity contribution is 0.462. The van der Waals surface area contributed by atoms with Gasteiger partial charge >= 0.3 is 0 Å². The van der Waals surface area contributed by atoms with Crippen LogP contribution in [0.25, 0.3) is 0 Å². The van der Waals surface area contributed by atoms with Gasteiger partial charge < -0.3 is 5.73 Å². The molecule has 0 amide bonds. The molecule has 0 saturated heterocycles. The van der Waals surface area contributed by atoms with E-state index >= 15 is 0 Å². The number of hydrogen-bond donors (Lipinski definition) is 1. The van der Waals surface area contributed by atoms with Crippen LogP contribution in [0.4, 0.5) is 0 Å². The van der Waals surface area contributed by atoms with Gasteiger partial charge in [-0.1, -0.05) is 24.3 Å². The molecule has 3 heteroatoms. The van der Waals surface area contributed by atoms with E-state index in [1.165, 1.54) is 26.8 Å². The van der Waals surface area contributed by atoms with Crippen molar-refractivity contribution in [3.63, 3.8) is 0 Å². The lowest BCUT2D eigenvalue weighted by atomic mass is 9.80. The van der Waals surface area contributed by atoms with Gasteiger partial charge in [-0.25, -0.2) is 0 Å². The smallest absolute Gasteiger partial charge is 0.0485 e. The Kier molecular flexibility index (Phi) is 3.84. The number of pyridine rings is 1. The molecule has 0 radical (unpaired) electrons. The van der Waals surface area contributed by atoms with Gasteiger partial charge in [0.2, 0.25) is 0 Å². The summed E-state index contributed by atoms with van der Waals surface area (Å²) >= 11 is 2.37. The van der Waals surface area contributed by atoms with Gasteiger partial charge in [0.25, 0.3) is 0 Å². The minimum Gasteiger partial charge on any atom is -0.323 e. The van der Waals surface area contributed by atoms with E-state index in [1.807, 2.05) is 12.3 Å². The lowest BCUT2D eigenvalue weighted by Crippen LogP contribution is -2.25. The lowest BCUT2D eigenvalue weighted by Gasteiger charge is -2.29. The summed E-state index contributed by atoms with van der Waals surface area (Å²) in [6, 6.07) is 12.7. The summed E-state index contributed by atoms with van der Waals surface area (Å²) in [6.07, 6.45) is 5.37. The van der Waals surface area contributed by atoms with Gasteiger partial charge in [0.1, 0.15) is 0 Å². The number of nitrogens with two attached hydrogens (primary N) is 1. The molecule has 2 unspecified atom stereocenters. The summed E-state index contributed by atoms with van der Waals surface area (Å²) in [5.41, 5.74) is 10.4. The molecular weight excluding hydrogens is 347 g/mol. The third-order valence-electron chi connectivity index (χ3n) is 3.94. The summed E-state index contributed by atoms with van der Waals surface area (Å²) < 4.78 is 1.25. The van der Waals surface area contributed by atoms with Crippen LogP contribution in [-0.4, -0.2) is 4.98 Å². The Morgan fingerprint density at radius 3 is 2.89 bits per heavy atom. The monoisotopic (exact) mass is 364 g/mol. The maximum Gasteiger partial charge on any atom is 0.0485 e. The van der Waals surface area contributed by atoms with Crippen molar-refractivity contribution in [2.24, 2.45) is 5.73 Å². The molecule has 0 bridgehead atoms. The van der Waals surface area contributed by atoms with Crippen molar-refractivity contribution >= 4 is 22.6 Å². The second-order valence-corrected chi connectivity index (χ2v) is 6.26. The van der Waals surface area contributed by atoms with Crippen molar-refractivity contribution < 1.29 is 0 Å². The molecule has 1 heterocycles. The Balaban J connectivity index is 1.98. The van der Waals surface area contributed by atoms with Gasteiger partial charge in [0.05, 0.1) is 0 Å². The number of halogens is 1. The third kappa shape index (κ3) is 2.54. The van der Waals surface area contributed by atoms with Crippen LogP contribution in [0.15, 0.2) is 42.6 Å². The Labute approximate surface area is 127 Å². The number of aromatic nitrogens is 1. The van der Waals surface area contributed by atoms with E-state index < -0.39 is 0 Å². The molecule has 1 aromatic carbocycles. The first-order valence-corrected chi connectivity index (χ1v) is 7.79. The predicted molar refractivity (Wildman–Crippen MR) is 86.0 cm³/mol. The molecule has 1 aliphatic rings. The molecule has 0 spiro atoms. The number of benzene rings is 1. The SMILES string of the molecule is NC(c1ccccc1I)C1CCCc2cccnc21. The van der Waals surface area contributed by atoms with Gasteiger partial charge in [0, 0.05) is 27.4 Å². The summed E-state index contributed by atoms with van der Waals surface area (Å²) in [4.78, 5) is 4.59. The Bertz CT molecular complexity index is 582. The summed E-state index contributed by atoms with van der Waals surface area (Å²) in [7, 11) is 0. The minimum atomic E-state index is 0.0436. The van der Waals surface area contributed by atoms with Crippen molar-refractivity contribution in [3.05, 3.63) is 63.0 Å². The second kappa shape index (κ2) is 5.59. The van der Waals surface area contributed by atoms with E-state index in [0.717, 1.165) is 12.8 Å². The first-order chi connectivity index (χ1) is 9.27.